The van der Waals surface area contributed by atoms with E-state index in [1.807, 2.05) is 44.2 Å². The predicted octanol–water partition coefficient (Wildman–Crippen LogP) is 7.02. The van der Waals surface area contributed by atoms with Crippen molar-refractivity contribution in [2.45, 2.75) is 27.2 Å². The van der Waals surface area contributed by atoms with Gasteiger partial charge in [-0.05, 0) is 67.8 Å². The van der Waals surface area contributed by atoms with Crippen LogP contribution in [0.5, 0.6) is 11.5 Å². The van der Waals surface area contributed by atoms with Crippen LogP contribution >= 0.6 is 0 Å². The predicted molar refractivity (Wildman–Crippen MR) is 133 cm³/mol. The van der Waals surface area contributed by atoms with Crippen molar-refractivity contribution in [1.29, 1.82) is 0 Å². The normalized spacial score (nSPS) is 19.8. The number of hydrogen-bond acceptors (Lipinski definition) is 4. The molecular weight excluding hydrogens is 424 g/mol. The number of rotatable bonds is 7. The summed E-state index contributed by atoms with van der Waals surface area (Å²) in [5, 5.41) is 0. The fourth-order valence-electron chi connectivity index (χ4n) is 4.48. The Labute approximate surface area is 201 Å². The molecule has 0 N–H and O–H groups in total. The van der Waals surface area contributed by atoms with Crippen LogP contribution in [0.1, 0.15) is 52.1 Å². The lowest BCUT2D eigenvalue weighted by Gasteiger charge is -2.30. The molecule has 0 saturated heterocycles. The van der Waals surface area contributed by atoms with Gasteiger partial charge in [0, 0.05) is 28.5 Å². The molecule has 4 heteroatoms. The van der Waals surface area contributed by atoms with E-state index in [4.69, 9.17) is 9.47 Å². The van der Waals surface area contributed by atoms with Crippen LogP contribution in [0.3, 0.4) is 0 Å². The van der Waals surface area contributed by atoms with Crippen LogP contribution in [0.4, 0.5) is 0 Å². The summed E-state index contributed by atoms with van der Waals surface area (Å²) < 4.78 is 11.3. The summed E-state index contributed by atoms with van der Waals surface area (Å²) in [5.41, 5.74) is 2.79. The second-order valence-electron chi connectivity index (χ2n) is 9.09. The van der Waals surface area contributed by atoms with Crippen molar-refractivity contribution in [3.63, 3.8) is 0 Å². The minimum atomic E-state index is -0.127. The summed E-state index contributed by atoms with van der Waals surface area (Å²) in [6.45, 7) is 6.15. The van der Waals surface area contributed by atoms with Crippen LogP contribution in [0.25, 0.3) is 0 Å². The Morgan fingerprint density at radius 3 is 2.09 bits per heavy atom. The molecule has 0 bridgehead atoms. The maximum atomic E-state index is 13.3. The molecule has 3 atom stereocenters. The lowest BCUT2D eigenvalue weighted by molar-refractivity contribution is 0.0846. The Kier molecular flexibility index (Phi) is 6.97. The molecule has 0 aliphatic heterocycles. The Hall–Kier alpha value is -3.66. The molecule has 0 fully saturated rings. The molecule has 0 amide bonds. The quantitative estimate of drug-likeness (QED) is 0.360. The van der Waals surface area contributed by atoms with Crippen molar-refractivity contribution in [3.8, 4) is 11.5 Å². The molecule has 3 aromatic rings. The van der Waals surface area contributed by atoms with Gasteiger partial charge in [-0.15, -0.1) is 0 Å². The number of Topliss-reactive ketones (excluding diaryl/α,β-unsaturated/α-hetero) is 1. The minimum Gasteiger partial charge on any atom is -0.501 e. The number of carbonyl (C=O) groups is 2. The van der Waals surface area contributed by atoms with Crippen LogP contribution < -0.4 is 4.74 Å². The fourth-order valence-corrected chi connectivity index (χ4v) is 4.48. The maximum absolute atomic E-state index is 13.3. The monoisotopic (exact) mass is 454 g/mol. The zero-order valence-corrected chi connectivity index (χ0v) is 20.1. The molecule has 0 saturated carbocycles. The molecule has 3 unspecified atom stereocenters. The van der Waals surface area contributed by atoms with E-state index >= 15 is 0 Å². The van der Waals surface area contributed by atoms with E-state index in [0.29, 0.717) is 22.4 Å². The first-order valence-corrected chi connectivity index (χ1v) is 11.6. The first-order valence-electron chi connectivity index (χ1n) is 11.6. The summed E-state index contributed by atoms with van der Waals surface area (Å²) in [7, 11) is 1.67. The third-order valence-corrected chi connectivity index (χ3v) is 6.51. The van der Waals surface area contributed by atoms with E-state index in [0.717, 1.165) is 23.5 Å². The standard InChI is InChI=1S/C30H30O4/c1-19-8-12-25(13-9-19)34-26-14-10-22(11-15-26)29(31)23-6-5-7-24(18-23)30(32)27-16-21(3)28(33-4)17-20(27)2/h5-15,17-18,20-21,27H,16H2,1-4H3. The van der Waals surface area contributed by atoms with E-state index in [2.05, 4.69) is 6.92 Å². The Bertz CT molecular complexity index is 1210. The highest BCUT2D eigenvalue weighted by Gasteiger charge is 2.32. The van der Waals surface area contributed by atoms with Gasteiger partial charge in [0.2, 0.25) is 0 Å². The van der Waals surface area contributed by atoms with Gasteiger partial charge >= 0.3 is 0 Å². The second kappa shape index (κ2) is 10.1. The number of allylic oxidation sites excluding steroid dienone is 2. The van der Waals surface area contributed by atoms with Crippen molar-refractivity contribution in [3.05, 3.63) is 107 Å². The van der Waals surface area contributed by atoms with E-state index in [9.17, 15) is 9.59 Å². The SMILES string of the molecule is COC1=CC(C)C(C(=O)c2cccc(C(=O)c3ccc(Oc4ccc(C)cc4)cc3)c2)CC1C. The number of benzene rings is 3. The Morgan fingerprint density at radius 1 is 0.824 bits per heavy atom. The number of aryl methyl sites for hydroxylation is 1. The van der Waals surface area contributed by atoms with Gasteiger partial charge < -0.3 is 9.47 Å². The highest BCUT2D eigenvalue weighted by molar-refractivity contribution is 6.10. The molecular formula is C30H30O4. The minimum absolute atomic E-state index is 0.0715. The van der Waals surface area contributed by atoms with Gasteiger partial charge in [-0.3, -0.25) is 9.59 Å². The largest absolute Gasteiger partial charge is 0.501 e. The molecule has 0 aromatic heterocycles. The molecule has 4 rings (SSSR count). The zero-order valence-electron chi connectivity index (χ0n) is 20.1. The van der Waals surface area contributed by atoms with E-state index in [-0.39, 0.29) is 29.3 Å². The van der Waals surface area contributed by atoms with Crippen LogP contribution in [0, 0.1) is 24.7 Å². The molecule has 0 radical (unpaired) electrons. The highest BCUT2D eigenvalue weighted by Crippen LogP contribution is 2.35. The van der Waals surface area contributed by atoms with E-state index in [1.165, 1.54) is 0 Å². The first-order chi connectivity index (χ1) is 16.4. The summed E-state index contributed by atoms with van der Waals surface area (Å²) in [5.74, 6) is 2.45. The first kappa shape index (κ1) is 23.5. The lowest BCUT2D eigenvalue weighted by Crippen LogP contribution is -2.28. The molecule has 34 heavy (non-hydrogen) atoms. The highest BCUT2D eigenvalue weighted by atomic mass is 16.5. The van der Waals surface area contributed by atoms with Crippen molar-refractivity contribution in [2.75, 3.05) is 7.11 Å². The van der Waals surface area contributed by atoms with Gasteiger partial charge in [-0.2, -0.15) is 0 Å². The fraction of sp³-hybridized carbons (Fsp3) is 0.267. The van der Waals surface area contributed by atoms with Crippen molar-refractivity contribution >= 4 is 11.6 Å². The zero-order chi connectivity index (χ0) is 24.2. The van der Waals surface area contributed by atoms with E-state index in [1.54, 1.807) is 55.6 Å². The van der Waals surface area contributed by atoms with Gasteiger partial charge in [0.15, 0.2) is 11.6 Å². The maximum Gasteiger partial charge on any atom is 0.193 e. The van der Waals surface area contributed by atoms with E-state index < -0.39 is 0 Å². The van der Waals surface area contributed by atoms with Gasteiger partial charge in [0.25, 0.3) is 0 Å². The van der Waals surface area contributed by atoms with Crippen molar-refractivity contribution < 1.29 is 19.1 Å². The number of methoxy groups -OCH3 is 1. The number of hydrogen-bond donors (Lipinski definition) is 0. The molecule has 0 heterocycles. The van der Waals surface area contributed by atoms with Crippen molar-refractivity contribution in [1.82, 2.24) is 0 Å². The average Bonchev–Trinajstić information content (AvgIpc) is 2.86. The topological polar surface area (TPSA) is 52.6 Å². The van der Waals surface area contributed by atoms with Crippen LogP contribution in [0.15, 0.2) is 84.6 Å². The average molecular weight is 455 g/mol. The summed E-state index contributed by atoms with van der Waals surface area (Å²) in [4.78, 5) is 26.4. The van der Waals surface area contributed by atoms with Crippen LogP contribution in [-0.4, -0.2) is 18.7 Å². The molecule has 3 aromatic carbocycles. The molecule has 4 nitrogen and oxygen atoms in total. The summed E-state index contributed by atoms with van der Waals surface area (Å²) in [6.07, 6.45) is 2.78. The number of ketones is 2. The third-order valence-electron chi connectivity index (χ3n) is 6.51. The van der Waals surface area contributed by atoms with Gasteiger partial charge in [-0.1, -0.05) is 49.7 Å². The second-order valence-corrected chi connectivity index (χ2v) is 9.09. The summed E-state index contributed by atoms with van der Waals surface area (Å²) >= 11 is 0. The Morgan fingerprint density at radius 2 is 1.44 bits per heavy atom. The van der Waals surface area contributed by atoms with Gasteiger partial charge in [0.05, 0.1) is 12.9 Å². The summed E-state index contributed by atoms with van der Waals surface area (Å²) in [6, 6.07) is 21.9. The van der Waals surface area contributed by atoms with Crippen molar-refractivity contribution in [2.24, 2.45) is 17.8 Å². The molecule has 1 aliphatic carbocycles. The molecule has 0 spiro atoms. The number of ether oxygens (including phenoxy) is 2. The Balaban J connectivity index is 1.49. The van der Waals surface area contributed by atoms with Gasteiger partial charge in [-0.25, -0.2) is 0 Å². The van der Waals surface area contributed by atoms with Crippen LogP contribution in [0.2, 0.25) is 0 Å². The third kappa shape index (κ3) is 5.12. The number of carbonyl (C=O) groups excluding carboxylic acids is 2. The smallest absolute Gasteiger partial charge is 0.193 e. The van der Waals surface area contributed by atoms with Crippen LogP contribution in [-0.2, 0) is 4.74 Å². The van der Waals surface area contributed by atoms with Gasteiger partial charge in [0.1, 0.15) is 11.5 Å². The molecule has 1 aliphatic rings. The lowest BCUT2D eigenvalue weighted by atomic mass is 9.75. The molecule has 174 valence electrons.